The number of nitrogens with one attached hydrogen (secondary N) is 1. The van der Waals surface area contributed by atoms with Gasteiger partial charge in [-0.15, -0.1) is 11.8 Å². The summed E-state index contributed by atoms with van der Waals surface area (Å²) in [5, 5.41) is 1.01. The largest absolute Gasteiger partial charge is 0.361 e. The topological polar surface area (TPSA) is 56.4 Å². The maximum absolute atomic E-state index is 13.0. The molecule has 1 saturated heterocycles. The number of benzene rings is 1. The summed E-state index contributed by atoms with van der Waals surface area (Å²) in [5.41, 5.74) is 1.48. The maximum Gasteiger partial charge on any atom is 0.257 e. The highest BCUT2D eigenvalue weighted by atomic mass is 32.2. The summed E-state index contributed by atoms with van der Waals surface area (Å²) >= 11 is 1.65. The van der Waals surface area contributed by atoms with Gasteiger partial charge in [-0.2, -0.15) is 0 Å². The van der Waals surface area contributed by atoms with Crippen molar-refractivity contribution in [1.82, 2.24) is 14.8 Å². The average molecular weight is 329 g/mol. The molecular formula is C17H19N3O2S. The normalized spacial score (nSPS) is 20.9. The van der Waals surface area contributed by atoms with Gasteiger partial charge in [0.2, 0.25) is 5.91 Å². The summed E-state index contributed by atoms with van der Waals surface area (Å²) in [5.74, 6) is 1.27. The highest BCUT2D eigenvalue weighted by Crippen LogP contribution is 2.30. The number of rotatable bonds is 3. The van der Waals surface area contributed by atoms with Crippen molar-refractivity contribution < 1.29 is 9.59 Å². The number of carbonyl (C=O) groups is 2. The Labute approximate surface area is 139 Å². The fourth-order valence-corrected chi connectivity index (χ4v) is 4.29. The number of hydrogen-bond acceptors (Lipinski definition) is 3. The lowest BCUT2D eigenvalue weighted by molar-refractivity contribution is -0.134. The first-order chi connectivity index (χ1) is 11.2. The zero-order valence-electron chi connectivity index (χ0n) is 13.0. The molecule has 5 nitrogen and oxygen atoms in total. The zero-order chi connectivity index (χ0) is 16.0. The first-order valence-electron chi connectivity index (χ1n) is 7.88. The van der Waals surface area contributed by atoms with Gasteiger partial charge in [0, 0.05) is 30.4 Å². The monoisotopic (exact) mass is 329 g/mol. The molecule has 1 N–H and O–H groups in total. The third kappa shape index (κ3) is 2.51. The summed E-state index contributed by atoms with van der Waals surface area (Å²) < 4.78 is 0. The molecule has 0 bridgehead atoms. The Kier molecular flexibility index (Phi) is 3.56. The molecule has 1 aromatic carbocycles. The second-order valence-electron chi connectivity index (χ2n) is 6.22. The van der Waals surface area contributed by atoms with Crippen molar-refractivity contribution >= 4 is 34.5 Å². The summed E-state index contributed by atoms with van der Waals surface area (Å²) in [6.07, 6.45) is 4.00. The van der Waals surface area contributed by atoms with Gasteiger partial charge in [-0.25, -0.2) is 0 Å². The molecule has 1 unspecified atom stereocenters. The van der Waals surface area contributed by atoms with Crippen LogP contribution >= 0.6 is 11.8 Å². The summed E-state index contributed by atoms with van der Waals surface area (Å²) in [6, 6.07) is 7.68. The summed E-state index contributed by atoms with van der Waals surface area (Å²) in [6.45, 7) is 0. The fraction of sp³-hybridized carbons (Fsp3) is 0.412. The molecule has 2 aliphatic rings. The standard InChI is InChI=1S/C17H19N3O2S/c1-19(12-5-6-12)17(22)14-9-23-10-20(14)16(21)13-4-2-3-11-7-8-18-15(11)13/h2-4,7-8,12,14,18H,5-6,9-10H2,1H3. The number of H-pyrrole nitrogens is 1. The fourth-order valence-electron chi connectivity index (χ4n) is 3.14. The Balaban J connectivity index is 1.62. The van der Waals surface area contributed by atoms with Crippen molar-refractivity contribution in [2.75, 3.05) is 18.7 Å². The minimum atomic E-state index is -0.344. The zero-order valence-corrected chi connectivity index (χ0v) is 13.8. The lowest BCUT2D eigenvalue weighted by atomic mass is 10.1. The van der Waals surface area contributed by atoms with E-state index in [2.05, 4.69) is 4.98 Å². The van der Waals surface area contributed by atoms with Gasteiger partial charge in [0.15, 0.2) is 0 Å². The number of likely N-dealkylation sites (N-methyl/N-ethyl adjacent to an activating group) is 1. The molecule has 120 valence electrons. The molecule has 23 heavy (non-hydrogen) atoms. The van der Waals surface area contributed by atoms with Gasteiger partial charge in [-0.1, -0.05) is 12.1 Å². The summed E-state index contributed by atoms with van der Waals surface area (Å²) in [7, 11) is 1.86. The van der Waals surface area contributed by atoms with Crippen molar-refractivity contribution in [3.63, 3.8) is 0 Å². The van der Waals surface area contributed by atoms with Crippen LogP contribution in [0.4, 0.5) is 0 Å². The number of para-hydroxylation sites is 1. The number of nitrogens with zero attached hydrogens (tertiary/aromatic N) is 2. The van der Waals surface area contributed by atoms with E-state index in [1.54, 1.807) is 16.7 Å². The second kappa shape index (κ2) is 5.60. The molecule has 1 aliphatic carbocycles. The van der Waals surface area contributed by atoms with Crippen LogP contribution in [0, 0.1) is 0 Å². The number of fused-ring (bicyclic) bond motifs is 1. The van der Waals surface area contributed by atoms with Gasteiger partial charge < -0.3 is 14.8 Å². The Morgan fingerprint density at radius 2 is 2.13 bits per heavy atom. The minimum absolute atomic E-state index is 0.0643. The van der Waals surface area contributed by atoms with Crippen LogP contribution in [0.25, 0.3) is 10.9 Å². The number of hydrogen-bond donors (Lipinski definition) is 1. The number of amides is 2. The van der Waals surface area contributed by atoms with Crippen molar-refractivity contribution in [2.24, 2.45) is 0 Å². The predicted octanol–water partition coefficient (Wildman–Crippen LogP) is 2.30. The van der Waals surface area contributed by atoms with Crippen LogP contribution in [0.1, 0.15) is 23.2 Å². The van der Waals surface area contributed by atoms with E-state index in [4.69, 9.17) is 0 Å². The molecule has 2 fully saturated rings. The molecule has 1 aromatic heterocycles. The molecule has 6 heteroatoms. The third-order valence-corrected chi connectivity index (χ3v) is 5.70. The molecule has 1 atom stereocenters. The Morgan fingerprint density at radius 1 is 1.30 bits per heavy atom. The van der Waals surface area contributed by atoms with Crippen LogP contribution in [-0.4, -0.2) is 57.4 Å². The van der Waals surface area contributed by atoms with Crippen LogP contribution in [0.15, 0.2) is 30.5 Å². The van der Waals surface area contributed by atoms with Gasteiger partial charge in [0.05, 0.1) is 17.0 Å². The molecule has 2 amide bonds. The lowest BCUT2D eigenvalue weighted by Gasteiger charge is -2.27. The van der Waals surface area contributed by atoms with E-state index in [-0.39, 0.29) is 17.9 Å². The van der Waals surface area contributed by atoms with Gasteiger partial charge in [-0.3, -0.25) is 9.59 Å². The SMILES string of the molecule is CN(C(=O)C1CSCN1C(=O)c1cccc2cc[nH]c12)C1CC1. The highest BCUT2D eigenvalue weighted by molar-refractivity contribution is 7.99. The van der Waals surface area contributed by atoms with Gasteiger partial charge >= 0.3 is 0 Å². The Morgan fingerprint density at radius 3 is 2.91 bits per heavy atom. The third-order valence-electron chi connectivity index (χ3n) is 4.69. The van der Waals surface area contributed by atoms with E-state index >= 15 is 0 Å². The molecule has 2 heterocycles. The predicted molar refractivity (Wildman–Crippen MR) is 91.4 cm³/mol. The lowest BCUT2D eigenvalue weighted by Crippen LogP contribution is -2.48. The van der Waals surface area contributed by atoms with Crippen molar-refractivity contribution in [3.8, 4) is 0 Å². The smallest absolute Gasteiger partial charge is 0.257 e. The number of aromatic amines is 1. The highest BCUT2D eigenvalue weighted by Gasteiger charge is 2.40. The van der Waals surface area contributed by atoms with Crippen molar-refractivity contribution in [3.05, 3.63) is 36.0 Å². The maximum atomic E-state index is 13.0. The average Bonchev–Trinajstić information content (AvgIpc) is 3.11. The van der Waals surface area contributed by atoms with E-state index < -0.39 is 0 Å². The van der Waals surface area contributed by atoms with E-state index in [1.807, 2.05) is 42.4 Å². The number of thioether (sulfide) groups is 1. The van der Waals surface area contributed by atoms with Crippen LogP contribution in [0.3, 0.4) is 0 Å². The van der Waals surface area contributed by atoms with Gasteiger partial charge in [0.1, 0.15) is 6.04 Å². The molecular weight excluding hydrogens is 310 g/mol. The summed E-state index contributed by atoms with van der Waals surface area (Å²) in [4.78, 5) is 32.4. The second-order valence-corrected chi connectivity index (χ2v) is 7.22. The first-order valence-corrected chi connectivity index (χ1v) is 9.04. The molecule has 0 spiro atoms. The number of carbonyl (C=O) groups excluding carboxylic acids is 2. The van der Waals surface area contributed by atoms with E-state index in [1.165, 1.54) is 0 Å². The van der Waals surface area contributed by atoms with Crippen LogP contribution in [0.2, 0.25) is 0 Å². The Bertz CT molecular complexity index is 768. The van der Waals surface area contributed by atoms with Crippen molar-refractivity contribution in [2.45, 2.75) is 24.9 Å². The molecule has 2 aromatic rings. The van der Waals surface area contributed by atoms with Crippen LogP contribution in [0.5, 0.6) is 0 Å². The molecule has 0 radical (unpaired) electrons. The molecule has 1 aliphatic heterocycles. The van der Waals surface area contributed by atoms with Gasteiger partial charge in [0.25, 0.3) is 5.91 Å². The molecule has 4 rings (SSSR count). The van der Waals surface area contributed by atoms with Gasteiger partial charge in [-0.05, 0) is 25.0 Å². The molecule has 1 saturated carbocycles. The Hall–Kier alpha value is -1.95. The minimum Gasteiger partial charge on any atom is -0.361 e. The van der Waals surface area contributed by atoms with Crippen LogP contribution < -0.4 is 0 Å². The van der Waals surface area contributed by atoms with Crippen molar-refractivity contribution in [1.29, 1.82) is 0 Å². The first kappa shape index (κ1) is 14.6. The quantitative estimate of drug-likeness (QED) is 0.940. The van der Waals surface area contributed by atoms with E-state index in [9.17, 15) is 9.59 Å². The number of aromatic nitrogens is 1. The van der Waals surface area contributed by atoms with Crippen LogP contribution in [-0.2, 0) is 4.79 Å². The van der Waals surface area contributed by atoms with E-state index in [0.717, 1.165) is 23.7 Å². The van der Waals surface area contributed by atoms with E-state index in [0.29, 0.717) is 23.2 Å².